The van der Waals surface area contributed by atoms with E-state index in [-0.39, 0.29) is 0 Å². The first kappa shape index (κ1) is 99.5. The van der Waals surface area contributed by atoms with Crippen LogP contribution in [0.1, 0.15) is 73.8 Å². The van der Waals surface area contributed by atoms with Crippen molar-refractivity contribution < 1.29 is 56.8 Å². The van der Waals surface area contributed by atoms with Gasteiger partial charge in [0.15, 0.2) is 0 Å². The van der Waals surface area contributed by atoms with Crippen LogP contribution < -0.4 is 48.6 Å². The summed E-state index contributed by atoms with van der Waals surface area (Å²) in [5.41, 5.74) is 18.3. The van der Waals surface area contributed by atoms with Gasteiger partial charge < -0.3 is 86.7 Å². The van der Waals surface area contributed by atoms with Gasteiger partial charge in [0.1, 0.15) is 120 Å². The first-order chi connectivity index (χ1) is 63.9. The molecule has 0 aromatic heterocycles. The molecule has 0 saturated carbocycles. The number of methoxy groups -OCH3 is 5. The molecule has 4 aliphatic rings. The summed E-state index contributed by atoms with van der Waals surface area (Å²) in [7, 11) is 10.3. The van der Waals surface area contributed by atoms with Crippen molar-refractivity contribution in [2.45, 2.75) is 46.0 Å². The average molecular weight is 1760 g/mol. The van der Waals surface area contributed by atoms with Crippen molar-refractivity contribution in [2.24, 2.45) is 0 Å². The van der Waals surface area contributed by atoms with E-state index in [9.17, 15) is 26.3 Å². The van der Waals surface area contributed by atoms with Crippen LogP contribution in [-0.4, -0.2) is 237 Å². The van der Waals surface area contributed by atoms with Gasteiger partial charge in [0.2, 0.25) is 0 Å². The van der Waals surface area contributed by atoms with Gasteiger partial charge in [-0.05, 0) is 158 Å². The third-order valence-corrected chi connectivity index (χ3v) is 22.5. The fourth-order valence-electron chi connectivity index (χ4n) is 15.5. The summed E-state index contributed by atoms with van der Waals surface area (Å²) >= 11 is 0. The van der Waals surface area contributed by atoms with Crippen LogP contribution in [0.25, 0.3) is 55.6 Å². The summed E-state index contributed by atoms with van der Waals surface area (Å²) in [6.07, 6.45) is 6.11. The third-order valence-electron chi connectivity index (χ3n) is 22.5. The molecule has 0 spiro atoms. The summed E-state index contributed by atoms with van der Waals surface area (Å²) in [6, 6.07) is 81.8. The van der Waals surface area contributed by atoms with Gasteiger partial charge in [-0.25, -0.2) is 0 Å². The molecule has 24 nitrogen and oxygen atoms in total. The van der Waals surface area contributed by atoms with Gasteiger partial charge in [-0.1, -0.05) is 135 Å². The van der Waals surface area contributed by atoms with Crippen LogP contribution in [0.4, 0.5) is 28.4 Å². The summed E-state index contributed by atoms with van der Waals surface area (Å²) in [5.74, 6) is 2.99. The molecular weight excluding hydrogens is 1630 g/mol. The number of ether oxygens (including phenoxy) is 12. The fraction of sp³-hybridized carbons (Fsp3) is 0.387. The lowest BCUT2D eigenvalue weighted by Crippen LogP contribution is -2.44. The molecule has 4 fully saturated rings. The van der Waals surface area contributed by atoms with Gasteiger partial charge in [-0.15, -0.1) is 0 Å². The highest BCUT2D eigenvalue weighted by atomic mass is 16.5. The molecule has 0 bridgehead atoms. The Hall–Kier alpha value is -12.7. The monoisotopic (exact) mass is 1760 g/mol. The van der Waals surface area contributed by atoms with Gasteiger partial charge >= 0.3 is 0 Å². The Morgan fingerprint density at radius 3 is 0.908 bits per heavy atom. The van der Waals surface area contributed by atoms with Gasteiger partial charge in [0.05, 0.1) is 59.5 Å². The van der Waals surface area contributed by atoms with Crippen LogP contribution >= 0.6 is 0 Å². The minimum atomic E-state index is 0.417. The molecule has 10 aromatic carbocycles. The number of hydrogen-bond donors (Lipinski definition) is 1. The Morgan fingerprint density at radius 2 is 0.608 bits per heavy atom. The highest BCUT2D eigenvalue weighted by molar-refractivity contribution is 5.80. The first-order valence-corrected chi connectivity index (χ1v) is 45.0. The second-order valence-electron chi connectivity index (χ2n) is 31.2. The second-order valence-corrected chi connectivity index (χ2v) is 31.2. The molecule has 1 N–H and O–H groups in total. The molecule has 0 amide bonds. The number of piperazine rings is 1. The summed E-state index contributed by atoms with van der Waals surface area (Å²) in [6.45, 7) is 26.5. The van der Waals surface area contributed by atoms with Crippen LogP contribution in [0, 0.1) is 56.7 Å². The van der Waals surface area contributed by atoms with E-state index in [1.54, 1.807) is 35.5 Å². The van der Waals surface area contributed by atoms with E-state index < -0.39 is 0 Å². The van der Waals surface area contributed by atoms with Crippen molar-refractivity contribution in [1.29, 1.82) is 26.3 Å². The third kappa shape index (κ3) is 29.9. The van der Waals surface area contributed by atoms with Gasteiger partial charge in [0.25, 0.3) is 0 Å². The standard InChI is InChI=1S/C22H27N3O3.C22H28N2O2.C21H25N3O2.C21H24N2O2.C20H22N2O3/c1-26-15-16-28-22-4-2-3-20(21(22)17-23)18-5-7-19(8-6-18)24-9-10-25-11-13-27-14-12-25;1-4-13-24(14-5-2)19-11-9-18(10-12-19)20-7-6-8-22(21(20)17-23)26-16-15-25-3;1-23-10-12-24(13-11-23)18-8-6-17(7-9-18)19-4-3-5-21(20(19)16-22)26-15-14-25-2;1-24-14-15-25-21-7-5-6-19(20(21)16-22)17-8-10-18(11-9-17)23-12-3-2-4-13-23;1-23-13-14-25-20-4-2-3-18(19(20)15-21)16-5-7-17(8-6-16)22-9-11-24-12-10-22/h2-8,24H,9-16H2,1H3;6-12H,4-5,13-16H2,1-3H3;3-9H,10-15H2,1-2H3;5-11H,2-4,12-15H2,1H3;2-8H,9-14H2,1H3. The summed E-state index contributed by atoms with van der Waals surface area (Å²) < 4.78 is 64.3. The highest BCUT2D eigenvalue weighted by Gasteiger charge is 2.22. The van der Waals surface area contributed by atoms with Crippen LogP contribution in [0.3, 0.4) is 0 Å². The van der Waals surface area contributed by atoms with Crippen LogP contribution in [0.5, 0.6) is 28.7 Å². The number of nitrogens with zero attached hydrogens (tertiary/aromatic N) is 11. The van der Waals surface area contributed by atoms with Gasteiger partial charge in [0, 0.05) is 183 Å². The molecule has 130 heavy (non-hydrogen) atoms. The number of benzene rings is 10. The quantitative estimate of drug-likeness (QED) is 0.0355. The van der Waals surface area contributed by atoms with Crippen LogP contribution in [0.15, 0.2) is 212 Å². The van der Waals surface area contributed by atoms with E-state index in [0.29, 0.717) is 123 Å². The van der Waals surface area contributed by atoms with Crippen molar-refractivity contribution in [2.75, 3.05) is 252 Å². The largest absolute Gasteiger partial charge is 0.490 e. The number of nitriles is 5. The number of piperidine rings is 1. The van der Waals surface area contributed by atoms with Crippen LogP contribution in [-0.2, 0) is 33.2 Å². The molecule has 682 valence electrons. The molecule has 0 unspecified atom stereocenters. The number of hydrogen-bond acceptors (Lipinski definition) is 24. The van der Waals surface area contributed by atoms with Crippen molar-refractivity contribution in [3.8, 4) is 115 Å². The summed E-state index contributed by atoms with van der Waals surface area (Å²) in [5, 5.41) is 51.5. The average Bonchev–Trinajstić information content (AvgIpc) is 0.827. The van der Waals surface area contributed by atoms with Crippen molar-refractivity contribution in [1.82, 2.24) is 9.80 Å². The van der Waals surface area contributed by atoms with Gasteiger partial charge in [-0.3, -0.25) is 4.90 Å². The Balaban J connectivity index is 0.000000169. The molecule has 4 saturated heterocycles. The molecule has 10 aromatic rings. The Kier molecular flexibility index (Phi) is 42.8. The maximum atomic E-state index is 9.63. The van der Waals surface area contributed by atoms with Crippen LogP contribution in [0.2, 0.25) is 0 Å². The predicted molar refractivity (Wildman–Crippen MR) is 517 cm³/mol. The van der Waals surface area contributed by atoms with Crippen molar-refractivity contribution >= 4 is 28.4 Å². The van der Waals surface area contributed by atoms with E-state index in [0.717, 1.165) is 192 Å². The number of nitrogens with one attached hydrogen (secondary N) is 1. The molecule has 0 radical (unpaired) electrons. The smallest absolute Gasteiger partial charge is 0.137 e. The number of morpholine rings is 2. The van der Waals surface area contributed by atoms with E-state index in [2.05, 4.69) is 183 Å². The van der Waals surface area contributed by atoms with Crippen molar-refractivity contribution in [3.05, 3.63) is 240 Å². The fourth-order valence-corrected chi connectivity index (χ4v) is 15.5. The van der Waals surface area contributed by atoms with E-state index in [4.69, 9.17) is 56.8 Å². The molecule has 4 aliphatic heterocycles. The lowest BCUT2D eigenvalue weighted by Gasteiger charge is -2.34. The zero-order valence-corrected chi connectivity index (χ0v) is 76.9. The molecule has 24 heteroatoms. The van der Waals surface area contributed by atoms with Crippen molar-refractivity contribution in [3.63, 3.8) is 0 Å². The molecular formula is C106H126N12O12. The first-order valence-electron chi connectivity index (χ1n) is 45.0. The number of anilines is 5. The lowest BCUT2D eigenvalue weighted by molar-refractivity contribution is 0.0398. The normalized spacial score (nSPS) is 13.6. The minimum Gasteiger partial charge on any atom is -0.490 e. The zero-order valence-electron chi connectivity index (χ0n) is 76.9. The van der Waals surface area contributed by atoms with E-state index in [1.807, 2.05) is 115 Å². The molecule has 14 rings (SSSR count). The Bertz CT molecular complexity index is 5100. The Morgan fingerprint density at radius 1 is 0.323 bits per heavy atom. The maximum Gasteiger partial charge on any atom is 0.137 e. The van der Waals surface area contributed by atoms with E-state index >= 15 is 0 Å². The topological polar surface area (TPSA) is 261 Å². The van der Waals surface area contributed by atoms with E-state index in [1.165, 1.54) is 42.0 Å². The molecule has 0 atom stereocenters. The second kappa shape index (κ2) is 55.9. The molecule has 0 aliphatic carbocycles. The predicted octanol–water partition coefficient (Wildman–Crippen LogP) is 18.2. The Labute approximate surface area is 769 Å². The number of likely N-dealkylation sites (N-methyl/N-ethyl adjacent to an activating group) is 1. The summed E-state index contributed by atoms with van der Waals surface area (Å²) in [4.78, 5) is 14.3. The molecule has 4 heterocycles. The zero-order chi connectivity index (χ0) is 91.7. The lowest BCUT2D eigenvalue weighted by atomic mass is 9.99. The maximum absolute atomic E-state index is 9.63. The SMILES string of the molecule is CCCN(CCC)c1ccc(-c2cccc(OCCOC)c2C#N)cc1.COCCOc1cccc(-c2ccc(N3CCCCC3)cc2)c1C#N.COCCOc1cccc(-c2ccc(N3CCN(C)CC3)cc2)c1C#N.COCCOc1cccc(-c2ccc(N3CCOCC3)cc2)c1C#N.COCCOc1cccc(-c2ccc(NCCN3CCOCC3)cc2)c1C#N. The highest BCUT2D eigenvalue weighted by Crippen LogP contribution is 2.38. The van der Waals surface area contributed by atoms with Gasteiger partial charge in [-0.2, -0.15) is 26.3 Å². The number of rotatable bonds is 37. The minimum absolute atomic E-state index is 0.417.